The van der Waals surface area contributed by atoms with E-state index in [0.717, 1.165) is 31.6 Å². The van der Waals surface area contributed by atoms with E-state index < -0.39 is 18.1 Å². The molecule has 3 fully saturated rings. The van der Waals surface area contributed by atoms with Gasteiger partial charge in [0, 0.05) is 45.4 Å². The summed E-state index contributed by atoms with van der Waals surface area (Å²) >= 11 is 0. The Morgan fingerprint density at radius 3 is 2.21 bits per heavy atom. The van der Waals surface area contributed by atoms with Crippen molar-refractivity contribution in [1.29, 1.82) is 0 Å². The molecule has 3 heterocycles. The van der Waals surface area contributed by atoms with E-state index in [9.17, 15) is 22.4 Å². The average molecular weight is 539 g/mol. The Kier molecular flexibility index (Phi) is 7.78. The van der Waals surface area contributed by atoms with E-state index in [1.807, 2.05) is 0 Å². The standard InChI is InChI=1S/C27H30F4N2O5/c28-21-5-1-19(2-6-21)17-23-26(10-13-32(14-11-26)12-9-24-35-15-16-36-24)38-25(34)33(23)18-20-3-7-22(8-4-20)37-27(29,30)31/h1-8,23-24H,9-18H2. The molecule has 5 rings (SSSR count). The Labute approximate surface area is 218 Å². The van der Waals surface area contributed by atoms with Crippen molar-refractivity contribution in [3.8, 4) is 5.75 Å². The monoisotopic (exact) mass is 538 g/mol. The molecule has 1 atom stereocenters. The lowest BCUT2D eigenvalue weighted by molar-refractivity contribution is -0.274. The van der Waals surface area contributed by atoms with Crippen molar-refractivity contribution < 1.29 is 41.3 Å². The van der Waals surface area contributed by atoms with Gasteiger partial charge in [0.25, 0.3) is 0 Å². The number of benzene rings is 2. The van der Waals surface area contributed by atoms with Crippen LogP contribution in [0, 0.1) is 5.82 Å². The molecular formula is C27H30F4N2O5. The molecule has 1 amide bonds. The molecule has 3 saturated heterocycles. The van der Waals surface area contributed by atoms with Crippen molar-refractivity contribution in [3.05, 3.63) is 65.5 Å². The second-order valence-electron chi connectivity index (χ2n) is 9.90. The van der Waals surface area contributed by atoms with Crippen molar-refractivity contribution in [2.24, 2.45) is 0 Å². The lowest BCUT2D eigenvalue weighted by atomic mass is 9.81. The molecule has 2 aromatic carbocycles. The minimum atomic E-state index is -4.78. The van der Waals surface area contributed by atoms with Crippen LogP contribution in [0.4, 0.5) is 22.4 Å². The Morgan fingerprint density at radius 1 is 0.947 bits per heavy atom. The zero-order valence-corrected chi connectivity index (χ0v) is 20.8. The maximum atomic E-state index is 13.5. The van der Waals surface area contributed by atoms with Gasteiger partial charge in [-0.1, -0.05) is 24.3 Å². The molecule has 2 aromatic rings. The first-order valence-corrected chi connectivity index (χ1v) is 12.7. The Balaban J connectivity index is 1.30. The number of carbonyl (C=O) groups is 1. The third kappa shape index (κ3) is 6.39. The van der Waals surface area contributed by atoms with E-state index in [4.69, 9.17) is 14.2 Å². The van der Waals surface area contributed by atoms with Gasteiger partial charge in [-0.3, -0.25) is 4.90 Å². The number of piperidine rings is 1. The first-order chi connectivity index (χ1) is 18.2. The van der Waals surface area contributed by atoms with Gasteiger partial charge in [0.1, 0.15) is 17.2 Å². The Morgan fingerprint density at radius 2 is 1.58 bits per heavy atom. The fourth-order valence-electron chi connectivity index (χ4n) is 5.47. The second-order valence-corrected chi connectivity index (χ2v) is 9.90. The van der Waals surface area contributed by atoms with E-state index >= 15 is 0 Å². The number of carbonyl (C=O) groups excluding carboxylic acids is 1. The summed E-state index contributed by atoms with van der Waals surface area (Å²) in [6, 6.07) is 11.3. The predicted octanol–water partition coefficient (Wildman–Crippen LogP) is 4.89. The topological polar surface area (TPSA) is 60.5 Å². The first-order valence-electron chi connectivity index (χ1n) is 12.7. The minimum absolute atomic E-state index is 0.165. The molecule has 0 N–H and O–H groups in total. The van der Waals surface area contributed by atoms with Gasteiger partial charge in [-0.15, -0.1) is 13.2 Å². The van der Waals surface area contributed by atoms with Crippen molar-refractivity contribution >= 4 is 6.09 Å². The third-order valence-corrected chi connectivity index (χ3v) is 7.44. The highest BCUT2D eigenvalue weighted by Gasteiger charge is 2.54. The molecule has 11 heteroatoms. The SMILES string of the molecule is O=C1OC2(CCN(CCC3OCCO3)CC2)C(Cc2ccc(F)cc2)N1Cc1ccc(OC(F)(F)F)cc1. The summed E-state index contributed by atoms with van der Waals surface area (Å²) in [4.78, 5) is 17.1. The average Bonchev–Trinajstić information content (AvgIpc) is 3.48. The molecule has 0 aromatic heterocycles. The number of halogens is 4. The van der Waals surface area contributed by atoms with Crippen LogP contribution in [0.3, 0.4) is 0 Å². The lowest BCUT2D eigenvalue weighted by Crippen LogP contribution is -2.53. The zero-order valence-electron chi connectivity index (χ0n) is 20.8. The van der Waals surface area contributed by atoms with Gasteiger partial charge >= 0.3 is 12.5 Å². The van der Waals surface area contributed by atoms with Crippen LogP contribution in [-0.2, 0) is 27.2 Å². The van der Waals surface area contributed by atoms with Crippen LogP contribution in [0.2, 0.25) is 0 Å². The van der Waals surface area contributed by atoms with Crippen LogP contribution < -0.4 is 4.74 Å². The molecule has 7 nitrogen and oxygen atoms in total. The van der Waals surface area contributed by atoms with Gasteiger partial charge in [-0.05, 0) is 41.8 Å². The van der Waals surface area contributed by atoms with E-state index in [0.29, 0.717) is 38.0 Å². The number of ether oxygens (including phenoxy) is 4. The number of rotatable bonds is 8. The highest BCUT2D eigenvalue weighted by Crippen LogP contribution is 2.41. The maximum Gasteiger partial charge on any atom is 0.573 e. The van der Waals surface area contributed by atoms with Crippen molar-refractivity contribution in [2.75, 3.05) is 32.8 Å². The van der Waals surface area contributed by atoms with Gasteiger partial charge in [0.15, 0.2) is 6.29 Å². The molecule has 38 heavy (non-hydrogen) atoms. The van der Waals surface area contributed by atoms with Gasteiger partial charge in [-0.2, -0.15) is 0 Å². The van der Waals surface area contributed by atoms with E-state index in [1.165, 1.54) is 36.4 Å². The quantitative estimate of drug-likeness (QED) is 0.447. The van der Waals surface area contributed by atoms with E-state index in [2.05, 4.69) is 9.64 Å². The van der Waals surface area contributed by atoms with Crippen molar-refractivity contribution in [3.63, 3.8) is 0 Å². The molecule has 0 radical (unpaired) electrons. The van der Waals surface area contributed by atoms with Crippen molar-refractivity contribution in [2.45, 2.75) is 56.5 Å². The summed E-state index contributed by atoms with van der Waals surface area (Å²) in [6.07, 6.45) is -2.92. The smallest absolute Gasteiger partial charge is 0.440 e. The van der Waals surface area contributed by atoms with Gasteiger partial charge in [0.2, 0.25) is 0 Å². The molecule has 0 saturated carbocycles. The first kappa shape index (κ1) is 26.7. The molecule has 1 unspecified atom stereocenters. The summed E-state index contributed by atoms with van der Waals surface area (Å²) in [5.41, 5.74) is 0.791. The van der Waals surface area contributed by atoms with Crippen LogP contribution in [0.1, 0.15) is 30.4 Å². The van der Waals surface area contributed by atoms with Crippen LogP contribution in [0.15, 0.2) is 48.5 Å². The fraction of sp³-hybridized carbons (Fsp3) is 0.519. The second kappa shape index (κ2) is 11.1. The minimum Gasteiger partial charge on any atom is -0.440 e. The summed E-state index contributed by atoms with van der Waals surface area (Å²) in [5, 5.41) is 0. The number of hydrogen-bond donors (Lipinski definition) is 0. The molecule has 3 aliphatic rings. The Bertz CT molecular complexity index is 1080. The normalized spacial score (nSPS) is 22.3. The van der Waals surface area contributed by atoms with Gasteiger partial charge < -0.3 is 23.8 Å². The molecule has 0 bridgehead atoms. The number of amides is 1. The number of alkyl halides is 3. The van der Waals surface area contributed by atoms with Crippen LogP contribution >= 0.6 is 0 Å². The largest absolute Gasteiger partial charge is 0.573 e. The number of nitrogens with zero attached hydrogens (tertiary/aromatic N) is 2. The highest BCUT2D eigenvalue weighted by atomic mass is 19.4. The third-order valence-electron chi connectivity index (χ3n) is 7.44. The fourth-order valence-corrected chi connectivity index (χ4v) is 5.47. The molecule has 1 spiro atoms. The molecular weight excluding hydrogens is 508 g/mol. The van der Waals surface area contributed by atoms with Gasteiger partial charge in [-0.25, -0.2) is 9.18 Å². The summed E-state index contributed by atoms with van der Waals surface area (Å²) in [6.45, 7) is 3.67. The number of hydrogen-bond acceptors (Lipinski definition) is 6. The van der Waals surface area contributed by atoms with Gasteiger partial charge in [0.05, 0.1) is 19.3 Å². The van der Waals surface area contributed by atoms with Crippen LogP contribution in [0.25, 0.3) is 0 Å². The highest BCUT2D eigenvalue weighted by molar-refractivity contribution is 5.72. The molecule has 206 valence electrons. The summed E-state index contributed by atoms with van der Waals surface area (Å²) in [7, 11) is 0. The van der Waals surface area contributed by atoms with Crippen molar-refractivity contribution in [1.82, 2.24) is 9.80 Å². The molecule has 0 aliphatic carbocycles. The Hall–Kier alpha value is -2.89. The maximum absolute atomic E-state index is 13.5. The summed E-state index contributed by atoms with van der Waals surface area (Å²) in [5.74, 6) is -0.672. The van der Waals surface area contributed by atoms with Crippen LogP contribution in [-0.4, -0.2) is 73.0 Å². The zero-order chi connectivity index (χ0) is 26.8. The summed E-state index contributed by atoms with van der Waals surface area (Å²) < 4.78 is 72.2. The predicted molar refractivity (Wildman–Crippen MR) is 128 cm³/mol. The van der Waals surface area contributed by atoms with E-state index in [1.54, 1.807) is 17.0 Å². The van der Waals surface area contributed by atoms with E-state index in [-0.39, 0.29) is 30.4 Å². The number of likely N-dealkylation sites (tertiary alicyclic amines) is 1. The van der Waals surface area contributed by atoms with Crippen LogP contribution in [0.5, 0.6) is 5.75 Å². The molecule has 3 aliphatic heterocycles. The lowest BCUT2D eigenvalue weighted by Gasteiger charge is -2.42.